The molecule has 0 spiro atoms. The maximum Gasteiger partial charge on any atom is 0.301 e. The molecule has 2 unspecified atom stereocenters. The summed E-state index contributed by atoms with van der Waals surface area (Å²) in [6.45, 7) is 6.40. The molecule has 0 aliphatic carbocycles. The molecule has 0 aliphatic rings. The molecule has 1 aromatic carbocycles. The van der Waals surface area contributed by atoms with Crippen molar-refractivity contribution in [3.05, 3.63) is 40.6 Å². The monoisotopic (exact) mass is 287 g/mol. The number of anilines is 1. The molecule has 0 saturated heterocycles. The molecule has 1 aromatic heterocycles. The van der Waals surface area contributed by atoms with Crippen LogP contribution in [0.5, 0.6) is 0 Å². The maximum atomic E-state index is 11.4. The van der Waals surface area contributed by atoms with Crippen molar-refractivity contribution in [2.24, 2.45) is 5.92 Å². The highest BCUT2D eigenvalue weighted by Crippen LogP contribution is 2.33. The van der Waals surface area contributed by atoms with Crippen LogP contribution in [0.4, 0.5) is 11.4 Å². The number of nitrogens with zero attached hydrogens (tertiary/aromatic N) is 2. The van der Waals surface area contributed by atoms with Gasteiger partial charge in [-0.1, -0.05) is 20.3 Å². The number of hydrogen-bond donors (Lipinski definition) is 1. The van der Waals surface area contributed by atoms with Crippen LogP contribution in [-0.4, -0.2) is 15.9 Å². The third-order valence-corrected chi connectivity index (χ3v) is 3.79. The number of hydrogen-bond acceptors (Lipinski definition) is 4. The van der Waals surface area contributed by atoms with Gasteiger partial charge in [0.1, 0.15) is 5.69 Å². The molecule has 5 heteroatoms. The van der Waals surface area contributed by atoms with Gasteiger partial charge in [-0.2, -0.15) is 0 Å². The fourth-order valence-corrected chi connectivity index (χ4v) is 2.54. The fraction of sp³-hybridized carbons (Fsp3) is 0.438. The van der Waals surface area contributed by atoms with Crippen molar-refractivity contribution in [2.75, 3.05) is 5.32 Å². The number of rotatable bonds is 6. The number of aromatic nitrogens is 1. The van der Waals surface area contributed by atoms with Gasteiger partial charge in [0.25, 0.3) is 0 Å². The molecule has 2 rings (SSSR count). The van der Waals surface area contributed by atoms with Crippen LogP contribution in [0, 0.1) is 16.0 Å². The summed E-state index contributed by atoms with van der Waals surface area (Å²) in [6.07, 6.45) is 3.74. The normalized spacial score (nSPS) is 13.9. The molecule has 1 N–H and O–H groups in total. The van der Waals surface area contributed by atoms with E-state index in [1.165, 1.54) is 0 Å². The molecule has 2 aromatic rings. The van der Waals surface area contributed by atoms with Crippen molar-refractivity contribution in [1.82, 2.24) is 4.98 Å². The topological polar surface area (TPSA) is 68.1 Å². The Balaban J connectivity index is 2.35. The number of benzene rings is 1. The molecule has 0 bridgehead atoms. The zero-order valence-corrected chi connectivity index (χ0v) is 12.7. The highest BCUT2D eigenvalue weighted by atomic mass is 16.6. The standard InChI is InChI=1S/C16H21N3O2/c1-4-11(2)10-12(3)18-15-8-7-14-13(6-5-9-17-14)16(15)19(20)21/h5-9,11-12,18H,4,10H2,1-3H3. The number of nitrogens with one attached hydrogen (secondary N) is 1. The summed E-state index contributed by atoms with van der Waals surface area (Å²) in [6, 6.07) is 7.22. The number of fused-ring (bicyclic) bond motifs is 1. The average Bonchev–Trinajstić information content (AvgIpc) is 2.46. The molecule has 0 radical (unpaired) electrons. The summed E-state index contributed by atoms with van der Waals surface area (Å²) >= 11 is 0. The van der Waals surface area contributed by atoms with Gasteiger partial charge in [0.05, 0.1) is 15.8 Å². The smallest absolute Gasteiger partial charge is 0.301 e. The van der Waals surface area contributed by atoms with E-state index in [1.54, 1.807) is 24.4 Å². The maximum absolute atomic E-state index is 11.4. The third-order valence-electron chi connectivity index (χ3n) is 3.79. The van der Waals surface area contributed by atoms with E-state index in [2.05, 4.69) is 31.1 Å². The summed E-state index contributed by atoms with van der Waals surface area (Å²) in [5.41, 5.74) is 1.32. The van der Waals surface area contributed by atoms with Crippen LogP contribution in [0.2, 0.25) is 0 Å². The van der Waals surface area contributed by atoms with Crippen molar-refractivity contribution >= 4 is 22.3 Å². The second-order valence-corrected chi connectivity index (χ2v) is 5.58. The van der Waals surface area contributed by atoms with E-state index in [9.17, 15) is 10.1 Å². The lowest BCUT2D eigenvalue weighted by molar-refractivity contribution is -0.382. The van der Waals surface area contributed by atoms with Crippen LogP contribution in [-0.2, 0) is 0 Å². The minimum Gasteiger partial charge on any atom is -0.377 e. The molecule has 0 amide bonds. The van der Waals surface area contributed by atoms with Gasteiger partial charge in [0.15, 0.2) is 0 Å². The first kappa shape index (κ1) is 15.2. The van der Waals surface area contributed by atoms with E-state index in [0.29, 0.717) is 22.5 Å². The number of nitro groups is 1. The molecular formula is C16H21N3O2. The van der Waals surface area contributed by atoms with Crippen LogP contribution < -0.4 is 5.32 Å². The molecule has 112 valence electrons. The summed E-state index contributed by atoms with van der Waals surface area (Å²) < 4.78 is 0. The van der Waals surface area contributed by atoms with Crippen LogP contribution in [0.1, 0.15) is 33.6 Å². The second kappa shape index (κ2) is 6.52. The van der Waals surface area contributed by atoms with Crippen molar-refractivity contribution in [2.45, 2.75) is 39.7 Å². The lowest BCUT2D eigenvalue weighted by atomic mass is 10.00. The van der Waals surface area contributed by atoms with Crippen LogP contribution in [0.3, 0.4) is 0 Å². The Morgan fingerprint density at radius 1 is 1.33 bits per heavy atom. The van der Waals surface area contributed by atoms with Gasteiger partial charge < -0.3 is 5.32 Å². The second-order valence-electron chi connectivity index (χ2n) is 5.58. The van der Waals surface area contributed by atoms with Crippen molar-refractivity contribution in [1.29, 1.82) is 0 Å². The predicted molar refractivity (Wildman–Crippen MR) is 85.6 cm³/mol. The predicted octanol–water partition coefficient (Wildman–Crippen LogP) is 4.38. The lowest BCUT2D eigenvalue weighted by Gasteiger charge is -2.19. The van der Waals surface area contributed by atoms with Crippen molar-refractivity contribution in [3.8, 4) is 0 Å². The summed E-state index contributed by atoms with van der Waals surface area (Å²) in [7, 11) is 0. The van der Waals surface area contributed by atoms with Gasteiger partial charge in [-0.3, -0.25) is 15.1 Å². The zero-order chi connectivity index (χ0) is 15.4. The van der Waals surface area contributed by atoms with Gasteiger partial charge in [-0.05, 0) is 43.5 Å². The fourth-order valence-electron chi connectivity index (χ4n) is 2.54. The Hall–Kier alpha value is -2.17. The van der Waals surface area contributed by atoms with Gasteiger partial charge in [-0.25, -0.2) is 0 Å². The van der Waals surface area contributed by atoms with Crippen LogP contribution in [0.25, 0.3) is 10.9 Å². The van der Waals surface area contributed by atoms with E-state index in [1.807, 2.05) is 6.07 Å². The van der Waals surface area contributed by atoms with Crippen molar-refractivity contribution in [3.63, 3.8) is 0 Å². The van der Waals surface area contributed by atoms with Crippen molar-refractivity contribution < 1.29 is 4.92 Å². The lowest BCUT2D eigenvalue weighted by Crippen LogP contribution is -2.19. The molecular weight excluding hydrogens is 266 g/mol. The summed E-state index contributed by atoms with van der Waals surface area (Å²) in [5, 5.41) is 15.3. The first-order valence-electron chi connectivity index (χ1n) is 7.31. The Morgan fingerprint density at radius 3 is 2.76 bits per heavy atom. The SMILES string of the molecule is CCC(C)CC(C)Nc1ccc2ncccc2c1[N+](=O)[O-]. The largest absolute Gasteiger partial charge is 0.377 e. The van der Waals surface area contributed by atoms with Gasteiger partial charge in [0.2, 0.25) is 0 Å². The highest BCUT2D eigenvalue weighted by molar-refractivity contribution is 5.94. The molecule has 0 saturated carbocycles. The summed E-state index contributed by atoms with van der Waals surface area (Å²) in [4.78, 5) is 15.3. The zero-order valence-electron chi connectivity index (χ0n) is 12.7. The van der Waals surface area contributed by atoms with E-state index in [4.69, 9.17) is 0 Å². The molecule has 2 atom stereocenters. The highest BCUT2D eigenvalue weighted by Gasteiger charge is 2.20. The molecule has 5 nitrogen and oxygen atoms in total. The molecule has 0 fully saturated rings. The molecule has 21 heavy (non-hydrogen) atoms. The minimum atomic E-state index is -0.331. The minimum absolute atomic E-state index is 0.108. The Labute approximate surface area is 124 Å². The average molecular weight is 287 g/mol. The van der Waals surface area contributed by atoms with E-state index in [0.717, 1.165) is 12.8 Å². The first-order valence-corrected chi connectivity index (χ1v) is 7.31. The first-order chi connectivity index (χ1) is 10.0. The van der Waals surface area contributed by atoms with Crippen LogP contribution >= 0.6 is 0 Å². The van der Waals surface area contributed by atoms with Gasteiger partial charge >= 0.3 is 5.69 Å². The van der Waals surface area contributed by atoms with Gasteiger partial charge in [-0.15, -0.1) is 0 Å². The quantitative estimate of drug-likeness (QED) is 0.632. The van der Waals surface area contributed by atoms with E-state index in [-0.39, 0.29) is 16.7 Å². The Bertz CT molecular complexity index is 642. The van der Waals surface area contributed by atoms with Crippen LogP contribution in [0.15, 0.2) is 30.5 Å². The molecule has 1 heterocycles. The van der Waals surface area contributed by atoms with E-state index >= 15 is 0 Å². The Morgan fingerprint density at radius 2 is 2.10 bits per heavy atom. The molecule has 0 aliphatic heterocycles. The Kier molecular flexibility index (Phi) is 4.73. The number of nitro benzene ring substituents is 1. The third kappa shape index (κ3) is 3.48. The number of pyridine rings is 1. The van der Waals surface area contributed by atoms with E-state index < -0.39 is 0 Å². The summed E-state index contributed by atoms with van der Waals surface area (Å²) in [5.74, 6) is 0.591. The van der Waals surface area contributed by atoms with Gasteiger partial charge in [0, 0.05) is 12.2 Å².